The number of nitrogens with one attached hydrogen (secondary N) is 1. The number of thioether (sulfide) groups is 1. The van der Waals surface area contributed by atoms with Crippen LogP contribution >= 0.6 is 11.8 Å². The van der Waals surface area contributed by atoms with Gasteiger partial charge in [-0.25, -0.2) is 0 Å². The summed E-state index contributed by atoms with van der Waals surface area (Å²) in [7, 11) is 2.05. The Balaban J connectivity index is 2.60. The Morgan fingerprint density at radius 3 is 2.25 bits per heavy atom. The molecule has 0 saturated heterocycles. The van der Waals surface area contributed by atoms with Crippen LogP contribution in [0, 0.1) is 5.92 Å². The minimum atomic E-state index is 0.449. The summed E-state index contributed by atoms with van der Waals surface area (Å²) in [6, 6.07) is 11.1. The van der Waals surface area contributed by atoms with Crippen LogP contribution < -0.4 is 5.32 Å². The van der Waals surface area contributed by atoms with Crippen LogP contribution in [-0.4, -0.2) is 18.1 Å². The first kappa shape index (κ1) is 13.6. The Labute approximate surface area is 104 Å². The molecule has 0 fully saturated rings. The fourth-order valence-electron chi connectivity index (χ4n) is 1.77. The van der Waals surface area contributed by atoms with Gasteiger partial charge in [0.05, 0.1) is 0 Å². The van der Waals surface area contributed by atoms with Gasteiger partial charge in [0.15, 0.2) is 0 Å². The molecule has 0 amide bonds. The van der Waals surface area contributed by atoms with E-state index < -0.39 is 0 Å². The Morgan fingerprint density at radius 1 is 1.12 bits per heavy atom. The minimum Gasteiger partial charge on any atom is -0.312 e. The van der Waals surface area contributed by atoms with Crippen LogP contribution in [0.1, 0.15) is 32.4 Å². The molecule has 1 rings (SSSR count). The highest BCUT2D eigenvalue weighted by Crippen LogP contribution is 2.27. The molecule has 2 atom stereocenters. The molecule has 0 radical (unpaired) electrons. The molecule has 0 aliphatic carbocycles. The Morgan fingerprint density at radius 2 is 1.75 bits per heavy atom. The van der Waals surface area contributed by atoms with E-state index in [1.807, 2.05) is 18.8 Å². The molecule has 1 aromatic carbocycles. The van der Waals surface area contributed by atoms with E-state index in [1.165, 1.54) is 11.3 Å². The van der Waals surface area contributed by atoms with Crippen molar-refractivity contribution in [2.24, 2.45) is 5.92 Å². The van der Waals surface area contributed by atoms with Gasteiger partial charge in [-0.05, 0) is 24.3 Å². The van der Waals surface area contributed by atoms with Gasteiger partial charge in [0.1, 0.15) is 0 Å². The molecule has 0 spiro atoms. The number of benzene rings is 1. The maximum atomic E-state index is 3.42. The zero-order chi connectivity index (χ0) is 12.0. The summed E-state index contributed by atoms with van der Waals surface area (Å²) >= 11 is 2.05. The number of hydrogen-bond acceptors (Lipinski definition) is 2. The van der Waals surface area contributed by atoms with Gasteiger partial charge < -0.3 is 5.32 Å². The van der Waals surface area contributed by atoms with Gasteiger partial charge in [0.25, 0.3) is 0 Å². The molecule has 0 aromatic heterocycles. The SMILES string of the molecule is CNC(c1ccccc1)C(C)SCC(C)C. The molecule has 1 nitrogen and oxygen atoms in total. The molecule has 16 heavy (non-hydrogen) atoms. The second-order valence-corrected chi connectivity index (χ2v) is 6.02. The molecule has 0 aliphatic heterocycles. The van der Waals surface area contributed by atoms with Crippen molar-refractivity contribution in [3.05, 3.63) is 35.9 Å². The van der Waals surface area contributed by atoms with Crippen LogP contribution in [0.3, 0.4) is 0 Å². The van der Waals surface area contributed by atoms with Gasteiger partial charge in [-0.15, -0.1) is 0 Å². The van der Waals surface area contributed by atoms with E-state index in [-0.39, 0.29) is 0 Å². The third-order valence-electron chi connectivity index (χ3n) is 2.63. The van der Waals surface area contributed by atoms with Crippen molar-refractivity contribution < 1.29 is 0 Å². The highest BCUT2D eigenvalue weighted by atomic mass is 32.2. The van der Waals surface area contributed by atoms with Crippen LogP contribution in [0.5, 0.6) is 0 Å². The van der Waals surface area contributed by atoms with E-state index >= 15 is 0 Å². The Bertz CT molecular complexity index is 284. The Kier molecular flexibility index (Phi) is 5.93. The summed E-state index contributed by atoms with van der Waals surface area (Å²) in [5, 5.41) is 4.03. The molecular formula is C14H23NS. The average Bonchev–Trinajstić information content (AvgIpc) is 2.29. The zero-order valence-electron chi connectivity index (χ0n) is 10.7. The molecule has 1 N–H and O–H groups in total. The van der Waals surface area contributed by atoms with Crippen LogP contribution in [0.25, 0.3) is 0 Å². The van der Waals surface area contributed by atoms with Crippen LogP contribution in [0.4, 0.5) is 0 Å². The first-order chi connectivity index (χ1) is 7.65. The van der Waals surface area contributed by atoms with Crippen molar-refractivity contribution in [1.82, 2.24) is 5.32 Å². The molecule has 0 saturated carbocycles. The summed E-state index contributed by atoms with van der Waals surface area (Å²) in [6.45, 7) is 6.86. The second-order valence-electron chi connectivity index (χ2n) is 4.61. The molecule has 0 heterocycles. The predicted octanol–water partition coefficient (Wildman–Crippen LogP) is 3.72. The van der Waals surface area contributed by atoms with Crippen LogP contribution in [-0.2, 0) is 0 Å². The third kappa shape index (κ3) is 4.18. The lowest BCUT2D eigenvalue weighted by atomic mass is 10.0. The molecule has 0 aliphatic rings. The average molecular weight is 237 g/mol. The van der Waals surface area contributed by atoms with Crippen molar-refractivity contribution in [3.63, 3.8) is 0 Å². The predicted molar refractivity (Wildman–Crippen MR) is 75.0 cm³/mol. The summed E-state index contributed by atoms with van der Waals surface area (Å²) in [4.78, 5) is 0. The molecule has 2 heteroatoms. The normalized spacial score (nSPS) is 15.1. The second kappa shape index (κ2) is 6.97. The molecule has 0 bridgehead atoms. The highest BCUT2D eigenvalue weighted by Gasteiger charge is 2.17. The van der Waals surface area contributed by atoms with Crippen molar-refractivity contribution in [3.8, 4) is 0 Å². The van der Waals surface area contributed by atoms with Crippen molar-refractivity contribution >= 4 is 11.8 Å². The standard InChI is InChI=1S/C14H23NS/c1-11(2)10-16-12(3)14(15-4)13-8-6-5-7-9-13/h5-9,11-12,14-15H,10H2,1-4H3. The largest absolute Gasteiger partial charge is 0.312 e. The van der Waals surface area contributed by atoms with Crippen molar-refractivity contribution in [1.29, 1.82) is 0 Å². The smallest absolute Gasteiger partial charge is 0.0435 e. The maximum Gasteiger partial charge on any atom is 0.0435 e. The summed E-state index contributed by atoms with van der Waals surface area (Å²) in [6.07, 6.45) is 0. The van der Waals surface area contributed by atoms with Gasteiger partial charge in [-0.2, -0.15) is 11.8 Å². The molecule has 90 valence electrons. The summed E-state index contributed by atoms with van der Waals surface area (Å²) < 4.78 is 0. The fourth-order valence-corrected chi connectivity index (χ4v) is 2.95. The lowest BCUT2D eigenvalue weighted by molar-refractivity contribution is 0.587. The van der Waals surface area contributed by atoms with Gasteiger partial charge in [-0.1, -0.05) is 51.1 Å². The van der Waals surface area contributed by atoms with E-state index in [9.17, 15) is 0 Å². The van der Waals surface area contributed by atoms with E-state index in [0.29, 0.717) is 11.3 Å². The first-order valence-corrected chi connectivity index (χ1v) is 7.03. The van der Waals surface area contributed by atoms with E-state index in [0.717, 1.165) is 5.92 Å². The topological polar surface area (TPSA) is 12.0 Å². The number of rotatable bonds is 6. The molecular weight excluding hydrogens is 214 g/mol. The highest BCUT2D eigenvalue weighted by molar-refractivity contribution is 7.99. The van der Waals surface area contributed by atoms with Gasteiger partial charge >= 0.3 is 0 Å². The van der Waals surface area contributed by atoms with Crippen molar-refractivity contribution in [2.45, 2.75) is 32.1 Å². The lowest BCUT2D eigenvalue weighted by Gasteiger charge is -2.24. The van der Waals surface area contributed by atoms with E-state index in [2.05, 4.69) is 56.4 Å². The number of hydrogen-bond donors (Lipinski definition) is 1. The van der Waals surface area contributed by atoms with Crippen LogP contribution in [0.2, 0.25) is 0 Å². The quantitative estimate of drug-likeness (QED) is 0.809. The Hall–Kier alpha value is -0.470. The third-order valence-corrected chi connectivity index (χ3v) is 4.29. The summed E-state index contributed by atoms with van der Waals surface area (Å²) in [5.41, 5.74) is 1.38. The molecule has 2 unspecified atom stereocenters. The molecule has 1 aromatic rings. The fraction of sp³-hybridized carbons (Fsp3) is 0.571. The summed E-state index contributed by atoms with van der Waals surface area (Å²) in [5.74, 6) is 1.99. The van der Waals surface area contributed by atoms with Crippen molar-refractivity contribution in [2.75, 3.05) is 12.8 Å². The minimum absolute atomic E-state index is 0.449. The first-order valence-electron chi connectivity index (χ1n) is 5.99. The van der Waals surface area contributed by atoms with Gasteiger partial charge in [0, 0.05) is 11.3 Å². The maximum absolute atomic E-state index is 3.42. The monoisotopic (exact) mass is 237 g/mol. The van der Waals surface area contributed by atoms with Gasteiger partial charge in [-0.3, -0.25) is 0 Å². The zero-order valence-corrected chi connectivity index (χ0v) is 11.6. The van der Waals surface area contributed by atoms with Gasteiger partial charge in [0.2, 0.25) is 0 Å². The van der Waals surface area contributed by atoms with Crippen LogP contribution in [0.15, 0.2) is 30.3 Å². The lowest BCUT2D eigenvalue weighted by Crippen LogP contribution is -2.25. The van der Waals surface area contributed by atoms with E-state index in [1.54, 1.807) is 0 Å². The van der Waals surface area contributed by atoms with E-state index in [4.69, 9.17) is 0 Å².